The molecular weight excluding hydrogens is 236 g/mol. The Bertz CT molecular complexity index is 699. The Kier molecular flexibility index (Phi) is 2.19. The average Bonchev–Trinajstić information content (AvgIpc) is 2.95. The summed E-state index contributed by atoms with van der Waals surface area (Å²) < 4.78 is 1.17. The van der Waals surface area contributed by atoms with Crippen LogP contribution in [0.4, 0.5) is 0 Å². The fourth-order valence-electron chi connectivity index (χ4n) is 1.75. The van der Waals surface area contributed by atoms with Crippen LogP contribution in [0, 0.1) is 0 Å². The van der Waals surface area contributed by atoms with Gasteiger partial charge in [0, 0.05) is 21.0 Å². The Hall–Kier alpha value is -2.14. The molecule has 4 nitrogen and oxygen atoms in total. The number of hydrogen-bond acceptors (Lipinski definition) is 3. The number of thiophene rings is 1. The maximum Gasteiger partial charge on any atom is 0.371 e. The summed E-state index contributed by atoms with van der Waals surface area (Å²) in [6.07, 6.45) is 1.55. The van der Waals surface area contributed by atoms with Gasteiger partial charge >= 0.3 is 5.97 Å². The minimum absolute atomic E-state index is 0.0321. The number of H-pyrrole nitrogens is 1. The van der Waals surface area contributed by atoms with E-state index in [0.29, 0.717) is 0 Å². The molecule has 5 heteroatoms. The van der Waals surface area contributed by atoms with Crippen molar-refractivity contribution < 1.29 is 9.90 Å². The molecule has 0 aliphatic carbocycles. The number of rotatable bonds is 2. The van der Waals surface area contributed by atoms with Crippen molar-refractivity contribution in [2.45, 2.75) is 0 Å². The normalized spacial score (nSPS) is 10.8. The van der Waals surface area contributed by atoms with Crippen molar-refractivity contribution in [2.24, 2.45) is 0 Å². The number of aromatic amines is 1. The number of nitrogens with zero attached hydrogens (tertiary/aromatic N) is 1. The number of aromatic nitrogens is 2. The van der Waals surface area contributed by atoms with Gasteiger partial charge in [-0.3, -0.25) is 0 Å². The first-order chi connectivity index (χ1) is 8.25. The second kappa shape index (κ2) is 3.71. The van der Waals surface area contributed by atoms with E-state index in [2.05, 4.69) is 9.97 Å². The zero-order chi connectivity index (χ0) is 11.8. The van der Waals surface area contributed by atoms with Crippen LogP contribution in [-0.2, 0) is 0 Å². The van der Waals surface area contributed by atoms with Gasteiger partial charge in [0.1, 0.15) is 0 Å². The van der Waals surface area contributed by atoms with E-state index in [1.807, 2.05) is 29.6 Å². The number of carboxylic acids is 1. The smallest absolute Gasteiger partial charge is 0.371 e. The van der Waals surface area contributed by atoms with Crippen LogP contribution >= 0.6 is 11.3 Å². The highest BCUT2D eigenvalue weighted by Gasteiger charge is 2.11. The fourth-order valence-corrected chi connectivity index (χ4v) is 2.71. The van der Waals surface area contributed by atoms with Gasteiger partial charge in [0.25, 0.3) is 0 Å². The third-order valence-electron chi connectivity index (χ3n) is 2.55. The van der Waals surface area contributed by atoms with Crippen LogP contribution in [-0.4, -0.2) is 21.0 Å². The van der Waals surface area contributed by atoms with E-state index in [1.165, 1.54) is 4.70 Å². The van der Waals surface area contributed by atoms with Crippen LogP contribution in [0.1, 0.15) is 10.6 Å². The van der Waals surface area contributed by atoms with Gasteiger partial charge in [0.05, 0.1) is 11.9 Å². The lowest BCUT2D eigenvalue weighted by Gasteiger charge is -1.94. The van der Waals surface area contributed by atoms with Gasteiger partial charge in [0.2, 0.25) is 5.82 Å². The van der Waals surface area contributed by atoms with Crippen molar-refractivity contribution in [2.75, 3.05) is 0 Å². The van der Waals surface area contributed by atoms with E-state index in [4.69, 9.17) is 5.11 Å². The van der Waals surface area contributed by atoms with E-state index < -0.39 is 5.97 Å². The van der Waals surface area contributed by atoms with Crippen LogP contribution in [0.25, 0.3) is 21.3 Å². The molecule has 0 amide bonds. The summed E-state index contributed by atoms with van der Waals surface area (Å²) in [6, 6.07) is 8.01. The molecule has 0 saturated heterocycles. The minimum Gasteiger partial charge on any atom is -0.475 e. The molecule has 0 atom stereocenters. The van der Waals surface area contributed by atoms with Crippen LogP contribution in [0.5, 0.6) is 0 Å². The van der Waals surface area contributed by atoms with Crippen LogP contribution in [0.15, 0.2) is 35.8 Å². The quantitative estimate of drug-likeness (QED) is 0.728. The number of benzene rings is 1. The molecule has 0 radical (unpaired) electrons. The molecule has 0 fully saturated rings. The Morgan fingerprint density at radius 2 is 2.18 bits per heavy atom. The molecule has 0 saturated carbocycles. The average molecular weight is 244 g/mol. The standard InChI is InChI=1S/C12H8N2O2S/c15-12(16)11-13-5-9(14-11)8-6-17-10-4-2-1-3-7(8)10/h1-6H,(H,13,14)(H,15,16). The summed E-state index contributed by atoms with van der Waals surface area (Å²) in [7, 11) is 0. The summed E-state index contributed by atoms with van der Waals surface area (Å²) in [5.41, 5.74) is 1.73. The van der Waals surface area contributed by atoms with Crippen molar-refractivity contribution in [1.82, 2.24) is 9.97 Å². The third-order valence-corrected chi connectivity index (χ3v) is 3.51. The molecule has 2 heterocycles. The first-order valence-electron chi connectivity index (χ1n) is 5.00. The van der Waals surface area contributed by atoms with Crippen molar-refractivity contribution in [3.05, 3.63) is 41.7 Å². The molecule has 0 aliphatic rings. The summed E-state index contributed by atoms with van der Waals surface area (Å²) in [5.74, 6) is -1.08. The van der Waals surface area contributed by atoms with Gasteiger partial charge in [-0.2, -0.15) is 0 Å². The largest absolute Gasteiger partial charge is 0.475 e. The molecule has 0 bridgehead atoms. The lowest BCUT2D eigenvalue weighted by atomic mass is 10.1. The predicted octanol–water partition coefficient (Wildman–Crippen LogP) is 2.99. The Balaban J connectivity index is 2.17. The van der Waals surface area contributed by atoms with Crippen molar-refractivity contribution in [3.8, 4) is 11.3 Å². The first-order valence-corrected chi connectivity index (χ1v) is 5.88. The highest BCUT2D eigenvalue weighted by atomic mass is 32.1. The van der Waals surface area contributed by atoms with Gasteiger partial charge in [0.15, 0.2) is 0 Å². The highest BCUT2D eigenvalue weighted by molar-refractivity contribution is 7.17. The molecule has 3 aromatic rings. The van der Waals surface area contributed by atoms with E-state index in [1.54, 1.807) is 17.5 Å². The van der Waals surface area contributed by atoms with E-state index >= 15 is 0 Å². The lowest BCUT2D eigenvalue weighted by Crippen LogP contribution is -1.98. The summed E-state index contributed by atoms with van der Waals surface area (Å²) >= 11 is 1.63. The van der Waals surface area contributed by atoms with Crippen molar-refractivity contribution >= 4 is 27.4 Å². The predicted molar refractivity (Wildman–Crippen MR) is 66.4 cm³/mol. The molecule has 0 unspecified atom stereocenters. The molecule has 1 aromatic carbocycles. The number of aromatic carboxylic acids is 1. The molecule has 2 N–H and O–H groups in total. The molecule has 17 heavy (non-hydrogen) atoms. The van der Waals surface area contributed by atoms with Gasteiger partial charge in [-0.1, -0.05) is 18.2 Å². The SMILES string of the molecule is O=C(O)c1ncc(-c2csc3ccccc23)[nH]1. The molecular formula is C12H8N2O2S. The number of imidazole rings is 1. The molecule has 0 spiro atoms. The Morgan fingerprint density at radius 1 is 1.35 bits per heavy atom. The molecule has 3 rings (SSSR count). The van der Waals surface area contributed by atoms with Gasteiger partial charge < -0.3 is 10.1 Å². The van der Waals surface area contributed by atoms with Crippen LogP contribution in [0.3, 0.4) is 0 Å². The van der Waals surface area contributed by atoms with E-state index in [9.17, 15) is 4.79 Å². The monoisotopic (exact) mass is 244 g/mol. The minimum atomic E-state index is -1.05. The zero-order valence-corrected chi connectivity index (χ0v) is 9.49. The van der Waals surface area contributed by atoms with E-state index in [-0.39, 0.29) is 5.82 Å². The second-order valence-corrected chi connectivity index (χ2v) is 4.51. The summed E-state index contributed by atoms with van der Waals surface area (Å²) in [6.45, 7) is 0. The number of carboxylic acid groups (broad SMARTS) is 1. The Morgan fingerprint density at radius 3 is 2.94 bits per heavy atom. The number of carbonyl (C=O) groups is 1. The number of nitrogens with one attached hydrogen (secondary N) is 1. The molecule has 0 aliphatic heterocycles. The lowest BCUT2D eigenvalue weighted by molar-refractivity contribution is 0.0685. The highest BCUT2D eigenvalue weighted by Crippen LogP contribution is 2.32. The van der Waals surface area contributed by atoms with Gasteiger partial charge in [-0.05, 0) is 6.07 Å². The summed E-state index contributed by atoms with van der Waals surface area (Å²) in [5, 5.41) is 11.9. The third kappa shape index (κ3) is 1.60. The van der Waals surface area contributed by atoms with Crippen molar-refractivity contribution in [1.29, 1.82) is 0 Å². The number of hydrogen-bond donors (Lipinski definition) is 2. The van der Waals surface area contributed by atoms with Gasteiger partial charge in [-0.15, -0.1) is 11.3 Å². The van der Waals surface area contributed by atoms with Crippen LogP contribution < -0.4 is 0 Å². The second-order valence-electron chi connectivity index (χ2n) is 3.60. The fraction of sp³-hybridized carbons (Fsp3) is 0. The van der Waals surface area contributed by atoms with Crippen LogP contribution in [0.2, 0.25) is 0 Å². The molecule has 2 aromatic heterocycles. The Labute approximate surface area is 101 Å². The topological polar surface area (TPSA) is 66.0 Å². The van der Waals surface area contributed by atoms with E-state index in [0.717, 1.165) is 16.6 Å². The summed E-state index contributed by atoms with van der Waals surface area (Å²) in [4.78, 5) is 17.4. The maximum absolute atomic E-state index is 10.8. The molecule has 84 valence electrons. The maximum atomic E-state index is 10.8. The van der Waals surface area contributed by atoms with Crippen molar-refractivity contribution in [3.63, 3.8) is 0 Å². The first kappa shape index (κ1) is 10.0. The number of fused-ring (bicyclic) bond motifs is 1. The zero-order valence-electron chi connectivity index (χ0n) is 8.68. The van der Waals surface area contributed by atoms with Gasteiger partial charge in [-0.25, -0.2) is 9.78 Å².